The smallest absolute Gasteiger partial charge is 0.146 e. The zero-order valence-electron chi connectivity index (χ0n) is 15.5. The molecule has 2 aromatic carbocycles. The summed E-state index contributed by atoms with van der Waals surface area (Å²) < 4.78 is 14.0. The summed E-state index contributed by atoms with van der Waals surface area (Å²) in [4.78, 5) is 0. The molecule has 0 bridgehead atoms. The fourth-order valence-corrected chi connectivity index (χ4v) is 2.73. The van der Waals surface area contributed by atoms with Crippen LogP contribution in [0.15, 0.2) is 60.8 Å². The van der Waals surface area contributed by atoms with Gasteiger partial charge >= 0.3 is 0 Å². The Kier molecular flexibility index (Phi) is 7.20. The highest BCUT2D eigenvalue weighted by Crippen LogP contribution is 2.31. The number of anilines is 1. The molecule has 1 fully saturated rings. The Morgan fingerprint density at radius 2 is 1.80 bits per heavy atom. The van der Waals surface area contributed by atoms with Crippen LogP contribution >= 0.6 is 0 Å². The summed E-state index contributed by atoms with van der Waals surface area (Å²) in [6, 6.07) is 15.6. The average molecular weight is 340 g/mol. The number of halogens is 1. The van der Waals surface area contributed by atoms with Crippen LogP contribution in [0.3, 0.4) is 0 Å². The summed E-state index contributed by atoms with van der Waals surface area (Å²) in [5, 5.41) is 6.64. The van der Waals surface area contributed by atoms with Gasteiger partial charge in [0.05, 0.1) is 11.7 Å². The molecule has 0 saturated heterocycles. The van der Waals surface area contributed by atoms with Gasteiger partial charge in [-0.05, 0) is 55.5 Å². The molecule has 25 heavy (non-hydrogen) atoms. The van der Waals surface area contributed by atoms with Gasteiger partial charge in [0, 0.05) is 5.70 Å². The average Bonchev–Trinajstić information content (AvgIpc) is 3.44. The summed E-state index contributed by atoms with van der Waals surface area (Å²) >= 11 is 0. The molecule has 0 heterocycles. The van der Waals surface area contributed by atoms with E-state index in [1.165, 1.54) is 24.5 Å². The van der Waals surface area contributed by atoms with Crippen molar-refractivity contribution < 1.29 is 4.39 Å². The molecule has 134 valence electrons. The lowest BCUT2D eigenvalue weighted by Gasteiger charge is -2.21. The van der Waals surface area contributed by atoms with E-state index < -0.39 is 0 Å². The zero-order chi connectivity index (χ0) is 18.2. The SMILES string of the molecule is C=C(C)Nc1cc(C(NCC2CC2)c2ccccc2)ccc1F.CC. The number of nitrogens with one attached hydrogen (secondary N) is 2. The van der Waals surface area contributed by atoms with E-state index in [0.29, 0.717) is 5.69 Å². The minimum Gasteiger partial charge on any atom is -0.357 e. The van der Waals surface area contributed by atoms with E-state index in [-0.39, 0.29) is 11.9 Å². The second-order valence-corrected chi connectivity index (χ2v) is 6.34. The van der Waals surface area contributed by atoms with Crippen molar-refractivity contribution in [1.82, 2.24) is 5.32 Å². The molecule has 1 aliphatic rings. The molecule has 2 aromatic rings. The van der Waals surface area contributed by atoms with Crippen LogP contribution in [0.4, 0.5) is 10.1 Å². The highest BCUT2D eigenvalue weighted by atomic mass is 19.1. The minimum absolute atomic E-state index is 0.0723. The van der Waals surface area contributed by atoms with Gasteiger partial charge < -0.3 is 10.6 Å². The molecule has 2 nitrogen and oxygen atoms in total. The molecule has 0 spiro atoms. The lowest BCUT2D eigenvalue weighted by Crippen LogP contribution is -2.24. The van der Waals surface area contributed by atoms with Gasteiger partial charge in [-0.15, -0.1) is 0 Å². The maximum atomic E-state index is 14.0. The molecule has 1 aliphatic carbocycles. The normalized spacial score (nSPS) is 14.2. The third kappa shape index (κ3) is 5.71. The maximum Gasteiger partial charge on any atom is 0.146 e. The molecule has 3 rings (SSSR count). The number of hydrogen-bond acceptors (Lipinski definition) is 2. The highest BCUT2D eigenvalue weighted by Gasteiger charge is 2.23. The van der Waals surface area contributed by atoms with E-state index in [4.69, 9.17) is 0 Å². The molecule has 0 aliphatic heterocycles. The molecule has 1 saturated carbocycles. The Hall–Kier alpha value is -2.13. The van der Waals surface area contributed by atoms with Crippen molar-refractivity contribution in [2.75, 3.05) is 11.9 Å². The molecule has 0 aromatic heterocycles. The topological polar surface area (TPSA) is 24.1 Å². The number of allylic oxidation sites excluding steroid dienone is 1. The Balaban J connectivity index is 0.00000109. The van der Waals surface area contributed by atoms with Crippen molar-refractivity contribution in [3.8, 4) is 0 Å². The Bertz CT molecular complexity index is 678. The number of benzene rings is 2. The first-order chi connectivity index (χ1) is 12.1. The predicted molar refractivity (Wildman–Crippen MR) is 105 cm³/mol. The van der Waals surface area contributed by atoms with Crippen LogP contribution in [0.5, 0.6) is 0 Å². The second-order valence-electron chi connectivity index (χ2n) is 6.34. The predicted octanol–water partition coefficient (Wildman–Crippen LogP) is 5.89. The monoisotopic (exact) mass is 340 g/mol. The standard InChI is InChI=1S/C20H23FN2.C2H6/c1-14(2)23-19-12-17(10-11-18(19)21)20(22-13-15-8-9-15)16-6-4-3-5-7-16;1-2/h3-7,10-12,15,20,22-23H,1,8-9,13H2,2H3;1-2H3. The molecule has 2 N–H and O–H groups in total. The highest BCUT2D eigenvalue weighted by molar-refractivity contribution is 5.52. The van der Waals surface area contributed by atoms with E-state index in [0.717, 1.165) is 23.7 Å². The van der Waals surface area contributed by atoms with Crippen molar-refractivity contribution in [2.45, 2.75) is 39.7 Å². The van der Waals surface area contributed by atoms with Gasteiger partial charge in [-0.2, -0.15) is 0 Å². The van der Waals surface area contributed by atoms with Crippen LogP contribution in [-0.4, -0.2) is 6.54 Å². The first kappa shape index (κ1) is 19.2. The van der Waals surface area contributed by atoms with Gasteiger partial charge in [0.15, 0.2) is 0 Å². The lowest BCUT2D eigenvalue weighted by atomic mass is 9.97. The van der Waals surface area contributed by atoms with E-state index in [2.05, 4.69) is 29.3 Å². The van der Waals surface area contributed by atoms with Crippen molar-refractivity contribution in [3.63, 3.8) is 0 Å². The largest absolute Gasteiger partial charge is 0.357 e. The van der Waals surface area contributed by atoms with Crippen LogP contribution < -0.4 is 10.6 Å². The summed E-state index contributed by atoms with van der Waals surface area (Å²) in [6.07, 6.45) is 2.61. The molecule has 1 unspecified atom stereocenters. The fourth-order valence-electron chi connectivity index (χ4n) is 2.73. The van der Waals surface area contributed by atoms with Crippen LogP contribution in [0.2, 0.25) is 0 Å². The summed E-state index contributed by atoms with van der Waals surface area (Å²) in [5.41, 5.74) is 3.45. The molecule has 0 radical (unpaired) electrons. The Morgan fingerprint density at radius 1 is 1.12 bits per heavy atom. The minimum atomic E-state index is -0.259. The fraction of sp³-hybridized carbons (Fsp3) is 0.364. The van der Waals surface area contributed by atoms with Crippen molar-refractivity contribution in [1.29, 1.82) is 0 Å². The molecular weight excluding hydrogens is 311 g/mol. The number of rotatable bonds is 7. The van der Waals surface area contributed by atoms with Crippen LogP contribution in [0.1, 0.15) is 50.8 Å². The van der Waals surface area contributed by atoms with Gasteiger partial charge in [-0.25, -0.2) is 4.39 Å². The van der Waals surface area contributed by atoms with Crippen LogP contribution in [0, 0.1) is 11.7 Å². The molecule has 3 heteroatoms. The van der Waals surface area contributed by atoms with Gasteiger partial charge in [0.1, 0.15) is 5.82 Å². The van der Waals surface area contributed by atoms with Gasteiger partial charge in [-0.3, -0.25) is 0 Å². The van der Waals surface area contributed by atoms with E-state index in [1.807, 2.05) is 51.1 Å². The molecule has 1 atom stereocenters. The Labute approximate surface area is 151 Å². The van der Waals surface area contributed by atoms with Crippen LogP contribution in [0.25, 0.3) is 0 Å². The van der Waals surface area contributed by atoms with Crippen molar-refractivity contribution >= 4 is 5.69 Å². The first-order valence-electron chi connectivity index (χ1n) is 9.14. The van der Waals surface area contributed by atoms with Crippen molar-refractivity contribution in [2.24, 2.45) is 5.92 Å². The summed E-state index contributed by atoms with van der Waals surface area (Å²) in [6.45, 7) is 10.6. The van der Waals surface area contributed by atoms with Crippen molar-refractivity contribution in [3.05, 3.63) is 77.8 Å². The lowest BCUT2D eigenvalue weighted by molar-refractivity contribution is 0.571. The van der Waals surface area contributed by atoms with E-state index in [1.54, 1.807) is 0 Å². The molecular formula is C22H29FN2. The Morgan fingerprint density at radius 3 is 2.40 bits per heavy atom. The second kappa shape index (κ2) is 9.38. The summed E-state index contributed by atoms with van der Waals surface area (Å²) in [5.74, 6) is 0.528. The maximum absolute atomic E-state index is 14.0. The van der Waals surface area contributed by atoms with Gasteiger partial charge in [0.25, 0.3) is 0 Å². The third-order valence-corrected chi connectivity index (χ3v) is 4.11. The number of hydrogen-bond donors (Lipinski definition) is 2. The quantitative estimate of drug-likeness (QED) is 0.657. The summed E-state index contributed by atoms with van der Waals surface area (Å²) in [7, 11) is 0. The van der Waals surface area contributed by atoms with E-state index in [9.17, 15) is 4.39 Å². The van der Waals surface area contributed by atoms with Gasteiger partial charge in [-0.1, -0.05) is 56.8 Å². The third-order valence-electron chi connectivity index (χ3n) is 4.11. The zero-order valence-corrected chi connectivity index (χ0v) is 15.5. The first-order valence-corrected chi connectivity index (χ1v) is 9.14. The van der Waals surface area contributed by atoms with Gasteiger partial charge in [0.2, 0.25) is 0 Å². The van der Waals surface area contributed by atoms with Crippen LogP contribution in [-0.2, 0) is 0 Å². The van der Waals surface area contributed by atoms with E-state index >= 15 is 0 Å². The molecule has 0 amide bonds.